The van der Waals surface area contributed by atoms with E-state index < -0.39 is 17.0 Å². The number of nitro benzene ring substituents is 1. The van der Waals surface area contributed by atoms with Gasteiger partial charge in [0.2, 0.25) is 0 Å². The molecule has 3 rings (SSSR count). The molecule has 146 valence electrons. The van der Waals surface area contributed by atoms with Gasteiger partial charge in [0.15, 0.2) is 0 Å². The number of piperidine rings is 1. The van der Waals surface area contributed by atoms with Crippen molar-refractivity contribution < 1.29 is 24.0 Å². The summed E-state index contributed by atoms with van der Waals surface area (Å²) in [6.45, 7) is 1.03. The van der Waals surface area contributed by atoms with Crippen LogP contribution in [0.25, 0.3) is 0 Å². The number of carbonyl (C=O) groups excluding carboxylic acids is 2. The Morgan fingerprint density at radius 1 is 1.04 bits per heavy atom. The minimum absolute atomic E-state index is 0.0675. The highest BCUT2D eigenvalue weighted by Gasteiger charge is 2.29. The van der Waals surface area contributed by atoms with Crippen LogP contribution in [0.2, 0.25) is 0 Å². The number of esters is 1. The fourth-order valence-corrected chi connectivity index (χ4v) is 2.94. The number of hydrogen-bond acceptors (Lipinski definition) is 6. The topological polar surface area (TPSA) is 99.0 Å². The second kappa shape index (κ2) is 8.98. The van der Waals surface area contributed by atoms with Crippen LogP contribution in [0.15, 0.2) is 54.6 Å². The third-order valence-electron chi connectivity index (χ3n) is 4.56. The molecule has 0 saturated carbocycles. The van der Waals surface area contributed by atoms with Crippen molar-refractivity contribution in [2.24, 2.45) is 5.92 Å². The second-order valence-electron chi connectivity index (χ2n) is 6.47. The van der Waals surface area contributed by atoms with Gasteiger partial charge in [-0.15, -0.1) is 0 Å². The number of non-ortho nitro benzene ring substituents is 1. The highest BCUT2D eigenvalue weighted by molar-refractivity contribution is 5.76. The van der Waals surface area contributed by atoms with Crippen LogP contribution < -0.4 is 4.74 Å². The maximum Gasteiger partial charge on any atom is 0.410 e. The lowest BCUT2D eigenvalue weighted by Crippen LogP contribution is -2.41. The predicted molar refractivity (Wildman–Crippen MR) is 99.7 cm³/mol. The molecule has 1 saturated heterocycles. The summed E-state index contributed by atoms with van der Waals surface area (Å²) < 4.78 is 10.6. The van der Waals surface area contributed by atoms with Crippen molar-refractivity contribution in [3.63, 3.8) is 0 Å². The lowest BCUT2D eigenvalue weighted by atomic mass is 9.97. The number of amides is 1. The Bertz CT molecular complexity index is 830. The van der Waals surface area contributed by atoms with Gasteiger partial charge in [-0.25, -0.2) is 4.79 Å². The molecule has 0 spiro atoms. The largest absolute Gasteiger partial charge is 0.445 e. The first-order valence-corrected chi connectivity index (χ1v) is 8.94. The third-order valence-corrected chi connectivity index (χ3v) is 4.56. The zero-order chi connectivity index (χ0) is 19.9. The van der Waals surface area contributed by atoms with Crippen molar-refractivity contribution in [3.8, 4) is 5.75 Å². The zero-order valence-electron chi connectivity index (χ0n) is 15.2. The summed E-state index contributed by atoms with van der Waals surface area (Å²) >= 11 is 0. The minimum Gasteiger partial charge on any atom is -0.445 e. The first kappa shape index (κ1) is 19.3. The molecule has 8 nitrogen and oxygen atoms in total. The number of nitro groups is 1. The molecule has 1 aliphatic heterocycles. The Kier molecular flexibility index (Phi) is 6.21. The Morgan fingerprint density at radius 3 is 2.29 bits per heavy atom. The Balaban J connectivity index is 1.44. The SMILES string of the molecule is O=C(Oc1ccc([N+](=O)[O-])cc1)C1CCN(C(=O)OCc2ccccc2)CC1. The van der Waals surface area contributed by atoms with Gasteiger partial charge in [0.25, 0.3) is 5.69 Å². The summed E-state index contributed by atoms with van der Waals surface area (Å²) in [5.41, 5.74) is 0.847. The molecule has 28 heavy (non-hydrogen) atoms. The average molecular weight is 384 g/mol. The van der Waals surface area contributed by atoms with Crippen molar-refractivity contribution in [3.05, 3.63) is 70.3 Å². The Morgan fingerprint density at radius 2 is 1.68 bits per heavy atom. The van der Waals surface area contributed by atoms with Crippen LogP contribution in [-0.2, 0) is 16.1 Å². The Hall–Kier alpha value is -3.42. The molecule has 0 radical (unpaired) electrons. The molecule has 1 fully saturated rings. The maximum atomic E-state index is 12.3. The molecule has 0 bridgehead atoms. The molecule has 0 aliphatic carbocycles. The van der Waals surface area contributed by atoms with Crippen molar-refractivity contribution >= 4 is 17.7 Å². The van der Waals surface area contributed by atoms with Crippen molar-refractivity contribution in [2.75, 3.05) is 13.1 Å². The van der Waals surface area contributed by atoms with Crippen LogP contribution in [0.4, 0.5) is 10.5 Å². The van der Waals surface area contributed by atoms with Gasteiger partial charge in [0, 0.05) is 25.2 Å². The van der Waals surface area contributed by atoms with E-state index >= 15 is 0 Å². The first-order valence-electron chi connectivity index (χ1n) is 8.94. The molecule has 1 heterocycles. The number of rotatable bonds is 5. The van der Waals surface area contributed by atoms with Crippen LogP contribution >= 0.6 is 0 Å². The molecule has 0 aromatic heterocycles. The highest BCUT2D eigenvalue weighted by Crippen LogP contribution is 2.23. The summed E-state index contributed by atoms with van der Waals surface area (Å²) in [6, 6.07) is 14.8. The molecule has 1 amide bonds. The molecule has 0 atom stereocenters. The van der Waals surface area contributed by atoms with Crippen LogP contribution in [0.1, 0.15) is 18.4 Å². The third kappa shape index (κ3) is 5.06. The van der Waals surface area contributed by atoms with Crippen LogP contribution in [-0.4, -0.2) is 35.0 Å². The van der Waals surface area contributed by atoms with E-state index in [4.69, 9.17) is 9.47 Å². The second-order valence-corrected chi connectivity index (χ2v) is 6.47. The normalized spacial score (nSPS) is 14.4. The van der Waals surface area contributed by atoms with E-state index in [1.54, 1.807) is 4.90 Å². The van der Waals surface area contributed by atoms with Gasteiger partial charge in [0.05, 0.1) is 10.8 Å². The van der Waals surface area contributed by atoms with Gasteiger partial charge >= 0.3 is 12.1 Å². The van der Waals surface area contributed by atoms with Crippen LogP contribution in [0.3, 0.4) is 0 Å². The molecular formula is C20H20N2O6. The van der Waals surface area contributed by atoms with Crippen molar-refractivity contribution in [2.45, 2.75) is 19.4 Å². The molecular weight excluding hydrogens is 364 g/mol. The first-order chi connectivity index (χ1) is 13.5. The average Bonchev–Trinajstić information content (AvgIpc) is 2.73. The maximum absolute atomic E-state index is 12.3. The lowest BCUT2D eigenvalue weighted by Gasteiger charge is -2.30. The Labute approximate surface area is 161 Å². The van der Waals surface area contributed by atoms with Gasteiger partial charge < -0.3 is 14.4 Å². The fourth-order valence-electron chi connectivity index (χ4n) is 2.94. The number of hydrogen-bond donors (Lipinski definition) is 0. The highest BCUT2D eigenvalue weighted by atomic mass is 16.6. The summed E-state index contributed by atoms with van der Waals surface area (Å²) in [5, 5.41) is 10.7. The number of ether oxygens (including phenoxy) is 2. The van der Waals surface area contributed by atoms with E-state index in [1.165, 1.54) is 24.3 Å². The number of benzene rings is 2. The number of nitrogens with zero attached hydrogens (tertiary/aromatic N) is 2. The monoisotopic (exact) mass is 384 g/mol. The molecule has 1 aliphatic rings. The molecule has 0 N–H and O–H groups in total. The van der Waals surface area contributed by atoms with Gasteiger partial charge in [0.1, 0.15) is 12.4 Å². The van der Waals surface area contributed by atoms with E-state index in [9.17, 15) is 19.7 Å². The van der Waals surface area contributed by atoms with Crippen LogP contribution in [0.5, 0.6) is 5.75 Å². The fraction of sp³-hybridized carbons (Fsp3) is 0.300. The molecule has 0 unspecified atom stereocenters. The van der Waals surface area contributed by atoms with Crippen molar-refractivity contribution in [1.29, 1.82) is 0 Å². The number of carbonyl (C=O) groups is 2. The summed E-state index contributed by atoms with van der Waals surface area (Å²) in [5.74, 6) is -0.458. The quantitative estimate of drug-likeness (QED) is 0.338. The molecule has 2 aromatic rings. The number of likely N-dealkylation sites (tertiary alicyclic amines) is 1. The van der Waals surface area contributed by atoms with Crippen LogP contribution in [0, 0.1) is 16.0 Å². The van der Waals surface area contributed by atoms with Gasteiger partial charge in [-0.1, -0.05) is 30.3 Å². The van der Waals surface area contributed by atoms with E-state index in [2.05, 4.69) is 0 Å². The summed E-state index contributed by atoms with van der Waals surface area (Å²) in [6.07, 6.45) is 0.560. The van der Waals surface area contributed by atoms with Gasteiger partial charge in [-0.05, 0) is 30.5 Å². The van der Waals surface area contributed by atoms with Gasteiger partial charge in [-0.2, -0.15) is 0 Å². The molecule has 2 aromatic carbocycles. The predicted octanol–water partition coefficient (Wildman–Crippen LogP) is 3.55. The standard InChI is InChI=1S/C20H20N2O6/c23-19(28-18-8-6-17(7-9-18)22(25)26)16-10-12-21(13-11-16)20(24)27-14-15-4-2-1-3-5-15/h1-9,16H,10-14H2. The summed E-state index contributed by atoms with van der Waals surface area (Å²) in [7, 11) is 0. The summed E-state index contributed by atoms with van der Waals surface area (Å²) in [4.78, 5) is 36.2. The van der Waals surface area contributed by atoms with Crippen molar-refractivity contribution in [1.82, 2.24) is 4.90 Å². The van der Waals surface area contributed by atoms with E-state index in [-0.39, 0.29) is 24.0 Å². The zero-order valence-corrected chi connectivity index (χ0v) is 15.2. The molecule has 8 heteroatoms. The van der Waals surface area contributed by atoms with E-state index in [0.717, 1.165) is 5.56 Å². The smallest absolute Gasteiger partial charge is 0.410 e. The van der Waals surface area contributed by atoms with E-state index in [1.807, 2.05) is 30.3 Å². The van der Waals surface area contributed by atoms with Gasteiger partial charge in [-0.3, -0.25) is 14.9 Å². The minimum atomic E-state index is -0.516. The lowest BCUT2D eigenvalue weighted by molar-refractivity contribution is -0.384. The van der Waals surface area contributed by atoms with E-state index in [0.29, 0.717) is 25.9 Å².